The molecule has 0 aliphatic rings. The number of ether oxygens (including phenoxy) is 1. The Morgan fingerprint density at radius 2 is 1.92 bits per heavy atom. The van der Waals surface area contributed by atoms with E-state index >= 15 is 0 Å². The van der Waals surface area contributed by atoms with Crippen LogP contribution in [0.25, 0.3) is 10.8 Å². The summed E-state index contributed by atoms with van der Waals surface area (Å²) in [5, 5.41) is 6.75. The first-order valence-electron chi connectivity index (χ1n) is 7.78. The number of hydrogen-bond acceptors (Lipinski definition) is 6. The first kappa shape index (κ1) is 17.0. The zero-order valence-corrected chi connectivity index (χ0v) is 14.4. The van der Waals surface area contributed by atoms with Crippen LogP contribution in [0.4, 0.5) is 0 Å². The monoisotopic (exact) mass is 356 g/mol. The maximum Gasteiger partial charge on any atom is 0.359 e. The molecule has 2 heterocycles. The Morgan fingerprint density at radius 1 is 1.16 bits per heavy atom. The summed E-state index contributed by atoms with van der Waals surface area (Å²) < 4.78 is 6.36. The van der Waals surface area contributed by atoms with E-state index in [1.807, 2.05) is 11.4 Å². The normalized spacial score (nSPS) is 10.8. The van der Waals surface area contributed by atoms with Crippen LogP contribution >= 0.6 is 11.3 Å². The molecule has 0 saturated carbocycles. The van der Waals surface area contributed by atoms with E-state index in [0.717, 1.165) is 4.68 Å². The van der Waals surface area contributed by atoms with Crippen molar-refractivity contribution in [3.8, 4) is 0 Å². The predicted octanol–water partition coefficient (Wildman–Crippen LogP) is 2.81. The van der Waals surface area contributed by atoms with Crippen molar-refractivity contribution in [2.45, 2.75) is 12.8 Å². The van der Waals surface area contributed by atoms with E-state index in [0.29, 0.717) is 28.5 Å². The maximum atomic E-state index is 12.3. The van der Waals surface area contributed by atoms with Gasteiger partial charge in [-0.1, -0.05) is 24.3 Å². The molecule has 0 aliphatic carbocycles. The third kappa shape index (κ3) is 3.66. The number of esters is 1. The van der Waals surface area contributed by atoms with Crippen molar-refractivity contribution in [3.63, 3.8) is 0 Å². The highest BCUT2D eigenvalue weighted by molar-refractivity contribution is 7.12. The second-order valence-corrected chi connectivity index (χ2v) is 6.41. The number of ketones is 1. The summed E-state index contributed by atoms with van der Waals surface area (Å²) in [4.78, 5) is 37.0. The van der Waals surface area contributed by atoms with E-state index in [2.05, 4.69) is 5.10 Å². The highest BCUT2D eigenvalue weighted by Gasteiger charge is 2.17. The summed E-state index contributed by atoms with van der Waals surface area (Å²) in [5.41, 5.74) is -0.170. The molecule has 2 aromatic heterocycles. The molecule has 0 atom stereocenters. The molecule has 6 nitrogen and oxygen atoms in total. The third-order valence-corrected chi connectivity index (χ3v) is 4.64. The van der Waals surface area contributed by atoms with E-state index in [1.165, 1.54) is 18.4 Å². The average Bonchev–Trinajstić information content (AvgIpc) is 3.16. The van der Waals surface area contributed by atoms with E-state index in [-0.39, 0.29) is 23.6 Å². The van der Waals surface area contributed by atoms with Crippen LogP contribution in [-0.4, -0.2) is 28.1 Å². The van der Waals surface area contributed by atoms with Crippen LogP contribution in [0.15, 0.2) is 46.6 Å². The zero-order valence-electron chi connectivity index (χ0n) is 13.6. The largest absolute Gasteiger partial charge is 0.461 e. The fraction of sp³-hybridized carbons (Fsp3) is 0.222. The summed E-state index contributed by atoms with van der Waals surface area (Å²) in [6.07, 6.45) is 0.751. The molecule has 0 amide bonds. The molecule has 0 spiro atoms. The van der Waals surface area contributed by atoms with E-state index in [9.17, 15) is 14.4 Å². The lowest BCUT2D eigenvalue weighted by Gasteiger charge is -2.08. The van der Waals surface area contributed by atoms with Crippen LogP contribution < -0.4 is 5.56 Å². The van der Waals surface area contributed by atoms with Crippen molar-refractivity contribution in [1.29, 1.82) is 0 Å². The molecule has 0 fully saturated rings. The van der Waals surface area contributed by atoms with Gasteiger partial charge in [0, 0.05) is 18.9 Å². The van der Waals surface area contributed by atoms with Crippen molar-refractivity contribution in [2.24, 2.45) is 7.05 Å². The SMILES string of the molecule is Cn1nc(C(=O)OCCCC(=O)c2cccs2)c2ccccc2c1=O. The second-order valence-electron chi connectivity index (χ2n) is 5.46. The van der Waals surface area contributed by atoms with Crippen LogP contribution in [0.2, 0.25) is 0 Å². The molecule has 0 aliphatic heterocycles. The summed E-state index contributed by atoms with van der Waals surface area (Å²) in [6.45, 7) is 0.120. The Morgan fingerprint density at radius 3 is 2.64 bits per heavy atom. The molecule has 1 aromatic carbocycles. The Hall–Kier alpha value is -2.80. The van der Waals surface area contributed by atoms with Gasteiger partial charge in [0.05, 0.1) is 16.9 Å². The van der Waals surface area contributed by atoms with Gasteiger partial charge in [0.1, 0.15) is 0 Å². The number of nitrogens with zero attached hydrogens (tertiary/aromatic N) is 2. The molecule has 3 aromatic rings. The molecular formula is C18H16N2O4S. The fourth-order valence-electron chi connectivity index (χ4n) is 2.48. The number of benzene rings is 1. The fourth-order valence-corrected chi connectivity index (χ4v) is 3.17. The highest BCUT2D eigenvalue weighted by atomic mass is 32.1. The molecule has 128 valence electrons. The topological polar surface area (TPSA) is 78.3 Å². The van der Waals surface area contributed by atoms with Gasteiger partial charge in [-0.15, -0.1) is 11.3 Å². The smallest absolute Gasteiger partial charge is 0.359 e. The van der Waals surface area contributed by atoms with Gasteiger partial charge in [0.25, 0.3) is 5.56 Å². The minimum Gasteiger partial charge on any atom is -0.461 e. The summed E-state index contributed by atoms with van der Waals surface area (Å²) >= 11 is 1.40. The summed E-state index contributed by atoms with van der Waals surface area (Å²) in [6, 6.07) is 10.4. The molecular weight excluding hydrogens is 340 g/mol. The van der Waals surface area contributed by atoms with Crippen molar-refractivity contribution in [2.75, 3.05) is 6.61 Å². The summed E-state index contributed by atoms with van der Waals surface area (Å²) in [5.74, 6) is -0.563. The number of thiophene rings is 1. The van der Waals surface area contributed by atoms with Crippen molar-refractivity contribution in [1.82, 2.24) is 9.78 Å². The van der Waals surface area contributed by atoms with Crippen molar-refractivity contribution in [3.05, 3.63) is 62.7 Å². The lowest BCUT2D eigenvalue weighted by atomic mass is 10.1. The predicted molar refractivity (Wildman–Crippen MR) is 95.2 cm³/mol. The number of rotatable bonds is 6. The number of carbonyl (C=O) groups is 2. The Bertz CT molecular complexity index is 976. The second kappa shape index (κ2) is 7.40. The molecule has 0 unspecified atom stereocenters. The Labute approximate surface area is 147 Å². The van der Waals surface area contributed by atoms with E-state index in [4.69, 9.17) is 4.74 Å². The molecule has 7 heteroatoms. The molecule has 3 rings (SSSR count). The maximum absolute atomic E-state index is 12.3. The molecule has 0 radical (unpaired) electrons. The lowest BCUT2D eigenvalue weighted by Crippen LogP contribution is -2.24. The van der Waals surface area contributed by atoms with Gasteiger partial charge in [-0.3, -0.25) is 9.59 Å². The number of Topliss-reactive ketones (excluding diaryl/α,β-unsaturated/α-hetero) is 1. The van der Waals surface area contributed by atoms with Crippen LogP contribution in [0.1, 0.15) is 33.0 Å². The highest BCUT2D eigenvalue weighted by Crippen LogP contribution is 2.15. The van der Waals surface area contributed by atoms with E-state index in [1.54, 1.807) is 30.3 Å². The average molecular weight is 356 g/mol. The Kier molecular flexibility index (Phi) is 5.04. The minimum absolute atomic E-state index is 0.0386. The standard InChI is InChI=1S/C18H16N2O4S/c1-20-17(22)13-7-3-2-6-12(13)16(19-20)18(23)24-10-4-8-14(21)15-9-5-11-25-15/h2-3,5-7,9,11H,4,8,10H2,1H3. The first-order valence-corrected chi connectivity index (χ1v) is 8.66. The quantitative estimate of drug-likeness (QED) is 0.385. The molecule has 0 saturated heterocycles. The van der Waals surface area contributed by atoms with Gasteiger partial charge < -0.3 is 4.74 Å². The van der Waals surface area contributed by atoms with E-state index < -0.39 is 5.97 Å². The van der Waals surface area contributed by atoms with Gasteiger partial charge in [0.2, 0.25) is 0 Å². The molecule has 25 heavy (non-hydrogen) atoms. The Balaban J connectivity index is 1.66. The van der Waals surface area contributed by atoms with Gasteiger partial charge in [-0.25, -0.2) is 9.48 Å². The van der Waals surface area contributed by atoms with Gasteiger partial charge in [0.15, 0.2) is 11.5 Å². The molecule has 0 N–H and O–H groups in total. The first-order chi connectivity index (χ1) is 12.1. The van der Waals surface area contributed by atoms with Crippen LogP contribution in [0.5, 0.6) is 0 Å². The number of carbonyl (C=O) groups excluding carboxylic acids is 2. The summed E-state index contributed by atoms with van der Waals surface area (Å²) in [7, 11) is 1.49. The molecule has 0 bridgehead atoms. The lowest BCUT2D eigenvalue weighted by molar-refractivity contribution is 0.0487. The number of fused-ring (bicyclic) bond motifs is 1. The number of hydrogen-bond donors (Lipinski definition) is 0. The third-order valence-electron chi connectivity index (χ3n) is 3.73. The van der Waals surface area contributed by atoms with Crippen molar-refractivity contribution < 1.29 is 14.3 Å². The van der Waals surface area contributed by atoms with Crippen LogP contribution in [-0.2, 0) is 11.8 Å². The zero-order chi connectivity index (χ0) is 17.8. The van der Waals surface area contributed by atoms with Gasteiger partial charge in [-0.05, 0) is 23.9 Å². The number of aromatic nitrogens is 2. The van der Waals surface area contributed by atoms with Crippen molar-refractivity contribution >= 4 is 33.9 Å². The van der Waals surface area contributed by atoms with Crippen LogP contribution in [0, 0.1) is 0 Å². The minimum atomic E-state index is -0.602. The number of aryl methyl sites for hydroxylation is 1. The van der Waals surface area contributed by atoms with Gasteiger partial charge in [-0.2, -0.15) is 5.10 Å². The van der Waals surface area contributed by atoms with Gasteiger partial charge >= 0.3 is 5.97 Å². The van der Waals surface area contributed by atoms with Crippen LogP contribution in [0.3, 0.4) is 0 Å².